The third-order valence-electron chi connectivity index (χ3n) is 4.38. The Morgan fingerprint density at radius 3 is 2.95 bits per heavy atom. The molecule has 0 radical (unpaired) electrons. The lowest BCUT2D eigenvalue weighted by molar-refractivity contribution is -0.134. The third kappa shape index (κ3) is 3.44. The van der Waals surface area contributed by atoms with E-state index in [1.165, 1.54) is 11.1 Å². The average Bonchev–Trinajstić information content (AvgIpc) is 3.00. The Morgan fingerprint density at radius 1 is 1.29 bits per heavy atom. The van der Waals surface area contributed by atoms with Crippen molar-refractivity contribution in [3.8, 4) is 0 Å². The van der Waals surface area contributed by atoms with Crippen LogP contribution in [0.2, 0.25) is 0 Å². The van der Waals surface area contributed by atoms with Gasteiger partial charge in [-0.15, -0.1) is 0 Å². The van der Waals surface area contributed by atoms with E-state index in [2.05, 4.69) is 18.2 Å². The zero-order chi connectivity index (χ0) is 14.7. The fourth-order valence-corrected chi connectivity index (χ4v) is 3.13. The van der Waals surface area contributed by atoms with Gasteiger partial charge in [0.05, 0.1) is 25.7 Å². The van der Waals surface area contributed by atoms with Crippen molar-refractivity contribution in [2.24, 2.45) is 0 Å². The van der Waals surface area contributed by atoms with Gasteiger partial charge in [0.25, 0.3) is 0 Å². The summed E-state index contributed by atoms with van der Waals surface area (Å²) in [5, 5.41) is 0. The molecule has 0 aliphatic carbocycles. The predicted octanol–water partition coefficient (Wildman–Crippen LogP) is 2.33. The highest BCUT2D eigenvalue weighted by atomic mass is 16.5. The fraction of sp³-hybridized carbons (Fsp3) is 0.588. The van der Waals surface area contributed by atoms with Gasteiger partial charge in [-0.3, -0.25) is 4.79 Å². The van der Waals surface area contributed by atoms with Crippen LogP contribution < -0.4 is 0 Å². The van der Waals surface area contributed by atoms with E-state index in [9.17, 15) is 4.79 Å². The van der Waals surface area contributed by atoms with E-state index in [-0.39, 0.29) is 18.1 Å². The van der Waals surface area contributed by atoms with Gasteiger partial charge in [0, 0.05) is 13.7 Å². The zero-order valence-electron chi connectivity index (χ0n) is 12.6. The molecule has 4 heteroatoms. The van der Waals surface area contributed by atoms with Gasteiger partial charge in [0.15, 0.2) is 0 Å². The molecule has 1 saturated heterocycles. The lowest BCUT2D eigenvalue weighted by atomic mass is 9.97. The van der Waals surface area contributed by atoms with Crippen LogP contribution in [0.1, 0.15) is 36.5 Å². The van der Waals surface area contributed by atoms with E-state index < -0.39 is 0 Å². The van der Waals surface area contributed by atoms with Crippen molar-refractivity contribution in [3.05, 3.63) is 35.4 Å². The number of ether oxygens (including phenoxy) is 2. The van der Waals surface area contributed by atoms with Crippen molar-refractivity contribution in [3.63, 3.8) is 0 Å². The minimum atomic E-state index is -0.00611. The first-order valence-corrected chi connectivity index (χ1v) is 7.79. The van der Waals surface area contributed by atoms with Crippen molar-refractivity contribution in [1.82, 2.24) is 4.90 Å². The summed E-state index contributed by atoms with van der Waals surface area (Å²) in [7, 11) is 1.86. The summed E-state index contributed by atoms with van der Waals surface area (Å²) >= 11 is 0. The monoisotopic (exact) mass is 289 g/mol. The number of hydrogen-bond donors (Lipinski definition) is 0. The molecule has 3 rings (SSSR count). The van der Waals surface area contributed by atoms with Crippen molar-refractivity contribution in [2.75, 3.05) is 26.8 Å². The molecule has 1 aromatic carbocycles. The second kappa shape index (κ2) is 6.58. The van der Waals surface area contributed by atoms with Crippen molar-refractivity contribution in [2.45, 2.75) is 37.9 Å². The molecule has 1 fully saturated rings. The smallest absolute Gasteiger partial charge is 0.225 e. The highest BCUT2D eigenvalue weighted by Crippen LogP contribution is 2.27. The zero-order valence-corrected chi connectivity index (χ0v) is 12.6. The van der Waals surface area contributed by atoms with Crippen LogP contribution in [0.4, 0.5) is 0 Å². The van der Waals surface area contributed by atoms with Crippen LogP contribution in [-0.2, 0) is 20.7 Å². The van der Waals surface area contributed by atoms with Gasteiger partial charge in [0.1, 0.15) is 6.10 Å². The van der Waals surface area contributed by atoms with Crippen LogP contribution >= 0.6 is 0 Å². The summed E-state index contributed by atoms with van der Waals surface area (Å²) in [5.74, 6) is 0.147. The number of nitrogens with zero attached hydrogens (tertiary/aromatic N) is 1. The van der Waals surface area contributed by atoms with Gasteiger partial charge in [0.2, 0.25) is 5.91 Å². The molecule has 2 aliphatic rings. The highest BCUT2D eigenvalue weighted by molar-refractivity contribution is 5.76. The Kier molecular flexibility index (Phi) is 4.56. The fourth-order valence-electron chi connectivity index (χ4n) is 3.13. The van der Waals surface area contributed by atoms with Crippen LogP contribution in [0.15, 0.2) is 24.3 Å². The molecular weight excluding hydrogens is 266 g/mol. The summed E-state index contributed by atoms with van der Waals surface area (Å²) in [6, 6.07) is 8.36. The molecule has 1 aromatic rings. The molecule has 2 heterocycles. The maximum absolute atomic E-state index is 12.3. The molecular formula is C17H23NO3. The molecule has 1 amide bonds. The van der Waals surface area contributed by atoms with Crippen LogP contribution in [0.5, 0.6) is 0 Å². The Labute approximate surface area is 126 Å². The molecule has 21 heavy (non-hydrogen) atoms. The Hall–Kier alpha value is -1.39. The summed E-state index contributed by atoms with van der Waals surface area (Å²) in [6.07, 6.45) is 3.63. The van der Waals surface area contributed by atoms with E-state index in [1.54, 1.807) is 4.90 Å². The number of benzene rings is 1. The topological polar surface area (TPSA) is 38.8 Å². The minimum absolute atomic E-state index is 0.00611. The SMILES string of the molecule is CN(C[C@H]1OCCc2ccccc21)C(=O)C[C@@H]1CCCO1. The maximum Gasteiger partial charge on any atom is 0.225 e. The first-order chi connectivity index (χ1) is 10.2. The van der Waals surface area contributed by atoms with E-state index in [4.69, 9.17) is 9.47 Å². The molecule has 114 valence electrons. The third-order valence-corrected chi connectivity index (χ3v) is 4.38. The molecule has 0 saturated carbocycles. The lowest BCUT2D eigenvalue weighted by Gasteiger charge is -2.30. The molecule has 0 N–H and O–H groups in total. The van der Waals surface area contributed by atoms with Crippen molar-refractivity contribution >= 4 is 5.91 Å². The predicted molar refractivity (Wildman–Crippen MR) is 80.1 cm³/mol. The first kappa shape index (κ1) is 14.5. The highest BCUT2D eigenvalue weighted by Gasteiger charge is 2.25. The molecule has 4 nitrogen and oxygen atoms in total. The van der Waals surface area contributed by atoms with Crippen LogP contribution in [-0.4, -0.2) is 43.7 Å². The van der Waals surface area contributed by atoms with Crippen LogP contribution in [0, 0.1) is 0 Å². The molecule has 2 aliphatic heterocycles. The van der Waals surface area contributed by atoms with E-state index in [0.29, 0.717) is 13.0 Å². The molecule has 0 spiro atoms. The second-order valence-electron chi connectivity index (χ2n) is 5.92. The number of carbonyl (C=O) groups is 1. The van der Waals surface area contributed by atoms with Gasteiger partial charge in [-0.05, 0) is 30.4 Å². The first-order valence-electron chi connectivity index (χ1n) is 7.79. The number of fused-ring (bicyclic) bond motifs is 1. The number of carbonyl (C=O) groups excluding carboxylic acids is 1. The summed E-state index contributed by atoms with van der Waals surface area (Å²) < 4.78 is 11.4. The van der Waals surface area contributed by atoms with E-state index in [0.717, 1.165) is 32.5 Å². The van der Waals surface area contributed by atoms with E-state index in [1.807, 2.05) is 13.1 Å². The van der Waals surface area contributed by atoms with E-state index >= 15 is 0 Å². The van der Waals surface area contributed by atoms with Gasteiger partial charge in [-0.2, -0.15) is 0 Å². The van der Waals surface area contributed by atoms with Gasteiger partial charge in [-0.1, -0.05) is 24.3 Å². The Bertz CT molecular complexity index is 497. The summed E-state index contributed by atoms with van der Waals surface area (Å²) in [5.41, 5.74) is 2.56. The number of rotatable bonds is 4. The van der Waals surface area contributed by atoms with Crippen LogP contribution in [0.25, 0.3) is 0 Å². The number of hydrogen-bond acceptors (Lipinski definition) is 3. The van der Waals surface area contributed by atoms with Crippen LogP contribution in [0.3, 0.4) is 0 Å². The largest absolute Gasteiger partial charge is 0.378 e. The maximum atomic E-state index is 12.3. The lowest BCUT2D eigenvalue weighted by Crippen LogP contribution is -2.35. The Morgan fingerprint density at radius 2 is 2.14 bits per heavy atom. The number of likely N-dealkylation sites (N-methyl/N-ethyl adjacent to an activating group) is 1. The summed E-state index contributed by atoms with van der Waals surface area (Å²) in [4.78, 5) is 14.1. The average molecular weight is 289 g/mol. The van der Waals surface area contributed by atoms with Crippen molar-refractivity contribution < 1.29 is 14.3 Å². The molecule has 0 bridgehead atoms. The Balaban J connectivity index is 1.59. The van der Waals surface area contributed by atoms with Gasteiger partial charge >= 0.3 is 0 Å². The molecule has 0 aromatic heterocycles. The number of amides is 1. The normalized spacial score (nSPS) is 24.6. The minimum Gasteiger partial charge on any atom is -0.378 e. The quantitative estimate of drug-likeness (QED) is 0.854. The second-order valence-corrected chi connectivity index (χ2v) is 5.92. The molecule has 0 unspecified atom stereocenters. The van der Waals surface area contributed by atoms with Crippen molar-refractivity contribution in [1.29, 1.82) is 0 Å². The van der Waals surface area contributed by atoms with Gasteiger partial charge in [-0.25, -0.2) is 0 Å². The summed E-state index contributed by atoms with van der Waals surface area (Å²) in [6.45, 7) is 2.14. The van der Waals surface area contributed by atoms with Gasteiger partial charge < -0.3 is 14.4 Å². The molecule has 2 atom stereocenters. The standard InChI is InChI=1S/C17H23NO3/c1-18(17(19)11-14-6-4-9-20-14)12-16-15-7-3-2-5-13(15)8-10-21-16/h2-3,5,7,14,16H,4,6,8-12H2,1H3/t14-,16+/m0/s1.